The van der Waals surface area contributed by atoms with Gasteiger partial charge in [-0.05, 0) is 42.8 Å². The van der Waals surface area contributed by atoms with Crippen LogP contribution in [0.2, 0.25) is 0 Å². The van der Waals surface area contributed by atoms with E-state index in [2.05, 4.69) is 15.4 Å². The predicted octanol–water partition coefficient (Wildman–Crippen LogP) is 4.10. The number of carbonyl (C=O) groups is 1. The second-order valence-electron chi connectivity index (χ2n) is 6.65. The maximum atomic E-state index is 12.4. The number of aryl methyl sites for hydroxylation is 2. The van der Waals surface area contributed by atoms with Crippen molar-refractivity contribution in [3.8, 4) is 11.3 Å². The second kappa shape index (κ2) is 7.16. The molecule has 0 saturated heterocycles. The normalized spacial score (nSPS) is 10.8. The molecule has 2 aromatic heterocycles. The molecule has 4 rings (SSSR count). The lowest BCUT2D eigenvalue weighted by Gasteiger charge is -2.11. The maximum absolute atomic E-state index is 12.4. The first-order chi connectivity index (χ1) is 13.9. The van der Waals surface area contributed by atoms with Gasteiger partial charge in [0.25, 0.3) is 11.6 Å². The van der Waals surface area contributed by atoms with Gasteiger partial charge < -0.3 is 5.32 Å². The van der Waals surface area contributed by atoms with Crippen LogP contribution in [0.4, 0.5) is 11.4 Å². The minimum Gasteiger partial charge on any atom is -0.320 e. The number of fused-ring (bicyclic) bond motifs is 1. The standard InChI is InChI=1S/C21H17N5O3/c1-13-11-14(3-6-17(13)24-21(27)20-9-10-22-25(20)2)18-7-4-15-12-16(26(28)29)5-8-19(15)23-18/h3-12H,1-2H3,(H,24,27). The fraction of sp³-hybridized carbons (Fsp3) is 0.0952. The average molecular weight is 387 g/mol. The van der Waals surface area contributed by atoms with Gasteiger partial charge in [-0.2, -0.15) is 5.10 Å². The Morgan fingerprint density at radius 1 is 1.10 bits per heavy atom. The number of benzene rings is 2. The minimum atomic E-state index is -0.421. The number of carbonyl (C=O) groups excluding carboxylic acids is 1. The third-order valence-corrected chi connectivity index (χ3v) is 4.71. The Morgan fingerprint density at radius 3 is 2.62 bits per heavy atom. The zero-order valence-corrected chi connectivity index (χ0v) is 15.8. The van der Waals surface area contributed by atoms with Crippen LogP contribution in [0.15, 0.2) is 60.8 Å². The summed E-state index contributed by atoms with van der Waals surface area (Å²) in [7, 11) is 1.71. The summed E-state index contributed by atoms with van der Waals surface area (Å²) in [5.41, 5.74) is 4.43. The molecule has 0 aliphatic carbocycles. The number of hydrogen-bond acceptors (Lipinski definition) is 5. The summed E-state index contributed by atoms with van der Waals surface area (Å²) in [6.07, 6.45) is 1.57. The fourth-order valence-corrected chi connectivity index (χ4v) is 3.13. The number of nitro groups is 1. The van der Waals surface area contributed by atoms with Crippen LogP contribution in [0.3, 0.4) is 0 Å². The first-order valence-corrected chi connectivity index (χ1v) is 8.88. The van der Waals surface area contributed by atoms with Crippen molar-refractivity contribution in [2.75, 3.05) is 5.32 Å². The molecule has 0 spiro atoms. The van der Waals surface area contributed by atoms with Crippen molar-refractivity contribution >= 4 is 28.2 Å². The second-order valence-corrected chi connectivity index (χ2v) is 6.65. The topological polar surface area (TPSA) is 103 Å². The summed E-state index contributed by atoms with van der Waals surface area (Å²) in [5, 5.41) is 18.5. The number of anilines is 1. The third kappa shape index (κ3) is 3.55. The van der Waals surface area contributed by atoms with Crippen molar-refractivity contribution in [1.82, 2.24) is 14.8 Å². The summed E-state index contributed by atoms with van der Waals surface area (Å²) >= 11 is 0. The van der Waals surface area contributed by atoms with Gasteiger partial charge in [0.1, 0.15) is 5.69 Å². The summed E-state index contributed by atoms with van der Waals surface area (Å²) in [6, 6.07) is 15.6. The van der Waals surface area contributed by atoms with Gasteiger partial charge in [0, 0.05) is 42.0 Å². The van der Waals surface area contributed by atoms with Crippen LogP contribution in [0, 0.1) is 17.0 Å². The first-order valence-electron chi connectivity index (χ1n) is 8.88. The molecule has 0 aliphatic rings. The van der Waals surface area contributed by atoms with Gasteiger partial charge in [0.15, 0.2) is 0 Å². The number of rotatable bonds is 4. The van der Waals surface area contributed by atoms with E-state index in [9.17, 15) is 14.9 Å². The number of pyridine rings is 1. The van der Waals surface area contributed by atoms with Crippen LogP contribution in [-0.2, 0) is 7.05 Å². The van der Waals surface area contributed by atoms with Crippen LogP contribution in [0.5, 0.6) is 0 Å². The van der Waals surface area contributed by atoms with Crippen molar-refractivity contribution in [2.45, 2.75) is 6.92 Å². The number of hydrogen-bond donors (Lipinski definition) is 1. The van der Waals surface area contributed by atoms with Crippen molar-refractivity contribution < 1.29 is 9.72 Å². The summed E-state index contributed by atoms with van der Waals surface area (Å²) in [4.78, 5) is 27.5. The quantitative estimate of drug-likeness (QED) is 0.419. The number of non-ortho nitro benzene ring substituents is 1. The van der Waals surface area contributed by atoms with E-state index in [1.807, 2.05) is 37.3 Å². The monoisotopic (exact) mass is 387 g/mol. The van der Waals surface area contributed by atoms with Crippen molar-refractivity contribution in [3.63, 3.8) is 0 Å². The van der Waals surface area contributed by atoms with Crippen molar-refractivity contribution in [1.29, 1.82) is 0 Å². The summed E-state index contributed by atoms with van der Waals surface area (Å²) in [5.74, 6) is -0.230. The Morgan fingerprint density at radius 2 is 1.93 bits per heavy atom. The number of nitrogens with one attached hydrogen (secondary N) is 1. The lowest BCUT2D eigenvalue weighted by atomic mass is 10.1. The maximum Gasteiger partial charge on any atom is 0.273 e. The zero-order chi connectivity index (χ0) is 20.5. The van der Waals surface area contributed by atoms with E-state index in [4.69, 9.17) is 0 Å². The van der Waals surface area contributed by atoms with Gasteiger partial charge >= 0.3 is 0 Å². The van der Waals surface area contributed by atoms with Crippen LogP contribution in [0.25, 0.3) is 22.2 Å². The Hall–Kier alpha value is -4.07. The van der Waals surface area contributed by atoms with E-state index in [1.165, 1.54) is 16.8 Å². The lowest BCUT2D eigenvalue weighted by Crippen LogP contribution is -2.16. The van der Waals surface area contributed by atoms with Gasteiger partial charge in [-0.1, -0.05) is 12.1 Å². The van der Waals surface area contributed by atoms with E-state index < -0.39 is 4.92 Å². The molecule has 1 amide bonds. The summed E-state index contributed by atoms with van der Waals surface area (Å²) in [6.45, 7) is 1.91. The molecule has 0 atom stereocenters. The fourth-order valence-electron chi connectivity index (χ4n) is 3.13. The Kier molecular flexibility index (Phi) is 4.52. The number of nitrogens with zero attached hydrogens (tertiary/aromatic N) is 4. The first kappa shape index (κ1) is 18.3. The Labute approximate surface area is 166 Å². The molecule has 144 valence electrons. The molecule has 8 heteroatoms. The average Bonchev–Trinajstić information content (AvgIpc) is 3.14. The molecule has 29 heavy (non-hydrogen) atoms. The number of amides is 1. The van der Waals surface area contributed by atoms with Crippen LogP contribution in [-0.4, -0.2) is 25.6 Å². The number of nitro benzene ring substituents is 1. The van der Waals surface area contributed by atoms with Gasteiger partial charge in [-0.25, -0.2) is 4.98 Å². The van der Waals surface area contributed by atoms with Gasteiger partial charge in [-0.3, -0.25) is 19.6 Å². The van der Waals surface area contributed by atoms with Crippen molar-refractivity contribution in [2.24, 2.45) is 7.05 Å². The highest BCUT2D eigenvalue weighted by Crippen LogP contribution is 2.27. The number of aromatic nitrogens is 3. The minimum absolute atomic E-state index is 0.0383. The van der Waals surface area contributed by atoms with Crippen LogP contribution >= 0.6 is 0 Å². The highest BCUT2D eigenvalue weighted by atomic mass is 16.6. The Balaban J connectivity index is 1.62. The molecule has 0 bridgehead atoms. The van der Waals surface area contributed by atoms with Crippen LogP contribution < -0.4 is 5.32 Å². The molecular weight excluding hydrogens is 370 g/mol. The SMILES string of the molecule is Cc1cc(-c2ccc3cc([N+](=O)[O-])ccc3n2)ccc1NC(=O)c1ccnn1C. The zero-order valence-electron chi connectivity index (χ0n) is 15.8. The van der Waals surface area contributed by atoms with Crippen LogP contribution in [0.1, 0.15) is 16.1 Å². The smallest absolute Gasteiger partial charge is 0.273 e. The van der Waals surface area contributed by atoms with E-state index in [-0.39, 0.29) is 11.6 Å². The van der Waals surface area contributed by atoms with E-state index in [0.717, 1.165) is 16.8 Å². The molecule has 0 aliphatic heterocycles. The molecule has 0 unspecified atom stereocenters. The third-order valence-electron chi connectivity index (χ3n) is 4.71. The molecule has 8 nitrogen and oxygen atoms in total. The van der Waals surface area contributed by atoms with E-state index in [1.54, 1.807) is 25.4 Å². The molecular formula is C21H17N5O3. The highest BCUT2D eigenvalue weighted by Gasteiger charge is 2.13. The molecule has 0 saturated carbocycles. The molecule has 2 aromatic carbocycles. The molecule has 4 aromatic rings. The van der Waals surface area contributed by atoms with Gasteiger partial charge in [-0.15, -0.1) is 0 Å². The predicted molar refractivity (Wildman–Crippen MR) is 110 cm³/mol. The van der Waals surface area contributed by atoms with Gasteiger partial charge in [0.05, 0.1) is 16.1 Å². The lowest BCUT2D eigenvalue weighted by molar-refractivity contribution is -0.384. The highest BCUT2D eigenvalue weighted by molar-refractivity contribution is 6.03. The Bertz CT molecular complexity index is 1260. The molecule has 0 fully saturated rings. The molecule has 1 N–H and O–H groups in total. The largest absolute Gasteiger partial charge is 0.320 e. The molecule has 0 radical (unpaired) electrons. The molecule has 2 heterocycles. The summed E-state index contributed by atoms with van der Waals surface area (Å²) < 4.78 is 1.52. The van der Waals surface area contributed by atoms with Gasteiger partial charge in [0.2, 0.25) is 0 Å². The van der Waals surface area contributed by atoms with E-state index >= 15 is 0 Å². The van der Waals surface area contributed by atoms with E-state index in [0.29, 0.717) is 22.3 Å². The van der Waals surface area contributed by atoms with Crippen molar-refractivity contribution in [3.05, 3.63) is 82.2 Å².